The smallest absolute Gasteiger partial charge is 0.409 e. The summed E-state index contributed by atoms with van der Waals surface area (Å²) in [7, 11) is 0. The van der Waals surface area contributed by atoms with Crippen molar-refractivity contribution in [1.82, 2.24) is 14.5 Å². The highest BCUT2D eigenvalue weighted by Crippen LogP contribution is 2.25. The number of piperidine rings is 1. The van der Waals surface area contributed by atoms with E-state index in [1.165, 1.54) is 0 Å². The Bertz CT molecular complexity index is 422. The molecule has 6 heteroatoms. The van der Waals surface area contributed by atoms with Crippen LogP contribution in [0.25, 0.3) is 0 Å². The van der Waals surface area contributed by atoms with E-state index in [0.717, 1.165) is 31.6 Å². The van der Waals surface area contributed by atoms with E-state index >= 15 is 0 Å². The van der Waals surface area contributed by atoms with E-state index in [1.54, 1.807) is 4.90 Å². The quantitative estimate of drug-likeness (QED) is 0.903. The average molecular weight is 266 g/mol. The Morgan fingerprint density at radius 3 is 2.84 bits per heavy atom. The molecule has 1 amide bonds. The number of imidazole rings is 1. The Morgan fingerprint density at radius 1 is 1.58 bits per heavy atom. The van der Waals surface area contributed by atoms with Gasteiger partial charge in [-0.2, -0.15) is 0 Å². The van der Waals surface area contributed by atoms with Crippen molar-refractivity contribution in [2.45, 2.75) is 38.8 Å². The van der Waals surface area contributed by atoms with E-state index in [2.05, 4.69) is 9.55 Å². The number of hydrogen-bond acceptors (Lipinski definition) is 4. The predicted octanol–water partition coefficient (Wildman–Crippen LogP) is 1.70. The van der Waals surface area contributed by atoms with Crippen LogP contribution in [0.15, 0.2) is 12.5 Å². The Morgan fingerprint density at radius 2 is 2.26 bits per heavy atom. The molecular weight excluding hydrogens is 244 g/mol. The standard InChI is InChI=1S/C13H22N4O2/c1-3-19-13(18)16-6-4-11(5-7-16)17-9-15-8-12(17)10(2)14/h8-11H,3-7,14H2,1-2H3/t10-/m0/s1. The number of amides is 1. The minimum atomic E-state index is -0.209. The number of aromatic nitrogens is 2. The second-order valence-electron chi connectivity index (χ2n) is 4.93. The molecule has 0 saturated carbocycles. The summed E-state index contributed by atoms with van der Waals surface area (Å²) >= 11 is 0. The third-order valence-electron chi connectivity index (χ3n) is 3.55. The zero-order chi connectivity index (χ0) is 13.8. The summed E-state index contributed by atoms with van der Waals surface area (Å²) in [6.45, 7) is 5.65. The van der Waals surface area contributed by atoms with Crippen LogP contribution in [0.3, 0.4) is 0 Å². The largest absolute Gasteiger partial charge is 0.450 e. The normalized spacial score (nSPS) is 18.4. The van der Waals surface area contributed by atoms with Crippen molar-refractivity contribution in [3.05, 3.63) is 18.2 Å². The van der Waals surface area contributed by atoms with Gasteiger partial charge in [-0.05, 0) is 26.7 Å². The number of ether oxygens (including phenoxy) is 1. The highest BCUT2D eigenvalue weighted by molar-refractivity contribution is 5.67. The van der Waals surface area contributed by atoms with Crippen molar-refractivity contribution in [2.75, 3.05) is 19.7 Å². The molecule has 1 aliphatic heterocycles. The van der Waals surface area contributed by atoms with Crippen molar-refractivity contribution in [1.29, 1.82) is 0 Å². The van der Waals surface area contributed by atoms with Crippen LogP contribution in [0.2, 0.25) is 0 Å². The lowest BCUT2D eigenvalue weighted by atomic mass is 10.0. The summed E-state index contributed by atoms with van der Waals surface area (Å²) in [6, 6.07) is 0.347. The van der Waals surface area contributed by atoms with E-state index in [-0.39, 0.29) is 12.1 Å². The molecule has 1 saturated heterocycles. The number of hydrogen-bond donors (Lipinski definition) is 1. The summed E-state index contributed by atoms with van der Waals surface area (Å²) in [5, 5.41) is 0. The number of likely N-dealkylation sites (tertiary alicyclic amines) is 1. The molecule has 0 radical (unpaired) electrons. The average Bonchev–Trinajstić information content (AvgIpc) is 2.88. The van der Waals surface area contributed by atoms with E-state index in [0.29, 0.717) is 12.6 Å². The van der Waals surface area contributed by atoms with E-state index in [1.807, 2.05) is 26.4 Å². The van der Waals surface area contributed by atoms with E-state index < -0.39 is 0 Å². The van der Waals surface area contributed by atoms with Crippen LogP contribution in [0.1, 0.15) is 44.5 Å². The fourth-order valence-corrected chi connectivity index (χ4v) is 2.51. The third-order valence-corrected chi connectivity index (χ3v) is 3.55. The minimum absolute atomic E-state index is 0.0226. The van der Waals surface area contributed by atoms with Crippen molar-refractivity contribution >= 4 is 6.09 Å². The maximum atomic E-state index is 11.6. The van der Waals surface area contributed by atoms with Crippen molar-refractivity contribution < 1.29 is 9.53 Å². The molecule has 2 heterocycles. The zero-order valence-electron chi connectivity index (χ0n) is 11.6. The summed E-state index contributed by atoms with van der Waals surface area (Å²) in [5.41, 5.74) is 6.99. The van der Waals surface area contributed by atoms with Crippen LogP contribution >= 0.6 is 0 Å². The van der Waals surface area contributed by atoms with Gasteiger partial charge in [0.25, 0.3) is 0 Å². The monoisotopic (exact) mass is 266 g/mol. The van der Waals surface area contributed by atoms with Crippen LogP contribution in [0.5, 0.6) is 0 Å². The molecule has 1 atom stereocenters. The van der Waals surface area contributed by atoms with Gasteiger partial charge in [0.2, 0.25) is 0 Å². The van der Waals surface area contributed by atoms with Gasteiger partial charge in [-0.1, -0.05) is 0 Å². The van der Waals surface area contributed by atoms with Crippen LogP contribution in [-0.2, 0) is 4.74 Å². The zero-order valence-corrected chi connectivity index (χ0v) is 11.6. The first-order valence-electron chi connectivity index (χ1n) is 6.82. The fourth-order valence-electron chi connectivity index (χ4n) is 2.51. The summed E-state index contributed by atoms with van der Waals surface area (Å²) < 4.78 is 7.16. The predicted molar refractivity (Wildman–Crippen MR) is 71.7 cm³/mol. The van der Waals surface area contributed by atoms with Gasteiger partial charge in [0.1, 0.15) is 0 Å². The van der Waals surface area contributed by atoms with Crippen LogP contribution in [0, 0.1) is 0 Å². The minimum Gasteiger partial charge on any atom is -0.450 e. The second kappa shape index (κ2) is 6.06. The van der Waals surface area contributed by atoms with Gasteiger partial charge in [-0.15, -0.1) is 0 Å². The van der Waals surface area contributed by atoms with Crippen LogP contribution < -0.4 is 5.73 Å². The van der Waals surface area contributed by atoms with Gasteiger partial charge in [0, 0.05) is 31.4 Å². The molecule has 1 aromatic heterocycles. The molecule has 0 spiro atoms. The molecular formula is C13H22N4O2. The molecule has 19 heavy (non-hydrogen) atoms. The van der Waals surface area contributed by atoms with Gasteiger partial charge in [-0.3, -0.25) is 0 Å². The first-order chi connectivity index (χ1) is 9.13. The number of carbonyl (C=O) groups excluding carboxylic acids is 1. The molecule has 6 nitrogen and oxygen atoms in total. The van der Waals surface area contributed by atoms with E-state index in [9.17, 15) is 4.79 Å². The Balaban J connectivity index is 1.96. The molecule has 2 N–H and O–H groups in total. The Kier molecular flexibility index (Phi) is 4.42. The first kappa shape index (κ1) is 13.9. The molecule has 0 unspecified atom stereocenters. The number of rotatable bonds is 3. The molecule has 0 aliphatic carbocycles. The lowest BCUT2D eigenvalue weighted by Gasteiger charge is -2.32. The molecule has 106 valence electrons. The van der Waals surface area contributed by atoms with Crippen LogP contribution in [0.4, 0.5) is 4.79 Å². The SMILES string of the molecule is CCOC(=O)N1CCC(n2cncc2[C@H](C)N)CC1. The van der Waals surface area contributed by atoms with Gasteiger partial charge in [0.05, 0.1) is 18.6 Å². The Hall–Kier alpha value is -1.56. The summed E-state index contributed by atoms with van der Waals surface area (Å²) in [6.07, 6.45) is 5.27. The first-order valence-corrected chi connectivity index (χ1v) is 6.82. The van der Waals surface area contributed by atoms with Gasteiger partial charge in [0.15, 0.2) is 0 Å². The van der Waals surface area contributed by atoms with Gasteiger partial charge >= 0.3 is 6.09 Å². The molecule has 0 aromatic carbocycles. The van der Waals surface area contributed by atoms with Crippen LogP contribution in [-0.4, -0.2) is 40.2 Å². The maximum Gasteiger partial charge on any atom is 0.409 e. The lowest BCUT2D eigenvalue weighted by molar-refractivity contribution is 0.0924. The van der Waals surface area contributed by atoms with Gasteiger partial charge < -0.3 is 19.9 Å². The van der Waals surface area contributed by atoms with E-state index in [4.69, 9.17) is 10.5 Å². The number of carbonyl (C=O) groups is 1. The highest BCUT2D eigenvalue weighted by atomic mass is 16.6. The summed E-state index contributed by atoms with van der Waals surface area (Å²) in [4.78, 5) is 17.6. The maximum absolute atomic E-state index is 11.6. The Labute approximate surface area is 113 Å². The van der Waals surface area contributed by atoms with Crippen molar-refractivity contribution in [3.63, 3.8) is 0 Å². The summed E-state index contributed by atoms with van der Waals surface area (Å²) in [5.74, 6) is 0. The molecule has 1 fully saturated rings. The van der Waals surface area contributed by atoms with Crippen molar-refractivity contribution in [2.24, 2.45) is 5.73 Å². The lowest BCUT2D eigenvalue weighted by Crippen LogP contribution is -2.39. The molecule has 0 bridgehead atoms. The third kappa shape index (κ3) is 3.07. The topological polar surface area (TPSA) is 73.4 Å². The second-order valence-corrected chi connectivity index (χ2v) is 4.93. The molecule has 2 rings (SSSR count). The number of nitrogens with zero attached hydrogens (tertiary/aromatic N) is 3. The molecule has 1 aliphatic rings. The number of nitrogens with two attached hydrogens (primary N) is 1. The molecule has 1 aromatic rings. The fraction of sp³-hybridized carbons (Fsp3) is 0.692. The van der Waals surface area contributed by atoms with Gasteiger partial charge in [-0.25, -0.2) is 9.78 Å². The van der Waals surface area contributed by atoms with Crippen molar-refractivity contribution in [3.8, 4) is 0 Å². The highest BCUT2D eigenvalue weighted by Gasteiger charge is 2.25.